The van der Waals surface area contributed by atoms with Gasteiger partial charge >= 0.3 is 0 Å². The smallest absolute Gasteiger partial charge is 0.293 e. The Labute approximate surface area is 240 Å². The molecule has 0 aliphatic carbocycles. The average Bonchev–Trinajstić information content (AvgIpc) is 3.25. The van der Waals surface area contributed by atoms with Gasteiger partial charge in [-0.2, -0.15) is 4.31 Å². The van der Waals surface area contributed by atoms with Crippen molar-refractivity contribution in [3.63, 3.8) is 0 Å². The second-order valence-electron chi connectivity index (χ2n) is 9.27. The van der Waals surface area contributed by atoms with Crippen LogP contribution < -0.4 is 10.2 Å². The average molecular weight is 596 g/mol. The van der Waals surface area contributed by atoms with Crippen LogP contribution in [-0.2, 0) is 14.8 Å². The highest BCUT2D eigenvalue weighted by atomic mass is 32.2. The number of amides is 3. The van der Waals surface area contributed by atoms with Crippen LogP contribution in [0.4, 0.5) is 14.9 Å². The molecule has 0 bridgehead atoms. The number of carbonyl (C=O) groups is 3. The summed E-state index contributed by atoms with van der Waals surface area (Å²) in [6.45, 7) is 1.33. The van der Waals surface area contributed by atoms with Crippen molar-refractivity contribution in [1.82, 2.24) is 19.5 Å². The predicted molar refractivity (Wildman–Crippen MR) is 153 cm³/mol. The van der Waals surface area contributed by atoms with Crippen molar-refractivity contribution < 1.29 is 27.2 Å². The first-order chi connectivity index (χ1) is 19.7. The Morgan fingerprint density at radius 3 is 2.49 bits per heavy atom. The SMILES string of the molecule is O=C(NCCN1C(=O)SC(=Cc2cccnc2)C1=O)c1cccc(S(=O)(=O)N2CCN(c3ccc(F)cc3)CC2)c1. The minimum absolute atomic E-state index is 0.000626. The third kappa shape index (κ3) is 6.47. The van der Waals surface area contributed by atoms with E-state index in [9.17, 15) is 27.2 Å². The van der Waals surface area contributed by atoms with E-state index in [4.69, 9.17) is 0 Å². The molecule has 0 atom stereocenters. The van der Waals surface area contributed by atoms with Crippen molar-refractivity contribution in [3.05, 3.63) is 94.9 Å². The third-order valence-electron chi connectivity index (χ3n) is 6.64. The number of hydrogen-bond acceptors (Lipinski definition) is 8. The molecule has 5 rings (SSSR count). The molecule has 2 saturated heterocycles. The number of aromatic nitrogens is 1. The number of nitrogens with zero attached hydrogens (tertiary/aromatic N) is 4. The topological polar surface area (TPSA) is 120 Å². The number of imide groups is 1. The lowest BCUT2D eigenvalue weighted by molar-refractivity contribution is -0.122. The molecule has 3 amide bonds. The molecule has 2 fully saturated rings. The molecule has 1 aromatic heterocycles. The number of rotatable bonds is 8. The monoisotopic (exact) mass is 595 g/mol. The molecular formula is C28H26FN5O5S2. The lowest BCUT2D eigenvalue weighted by atomic mass is 10.2. The van der Waals surface area contributed by atoms with Crippen molar-refractivity contribution in [1.29, 1.82) is 0 Å². The molecule has 13 heteroatoms. The van der Waals surface area contributed by atoms with Crippen molar-refractivity contribution in [2.45, 2.75) is 4.90 Å². The van der Waals surface area contributed by atoms with E-state index in [1.54, 1.807) is 42.7 Å². The molecule has 10 nitrogen and oxygen atoms in total. The number of anilines is 1. The molecule has 0 unspecified atom stereocenters. The van der Waals surface area contributed by atoms with Crippen LogP contribution in [0.15, 0.2) is 82.9 Å². The first-order valence-electron chi connectivity index (χ1n) is 12.8. The molecule has 3 aromatic rings. The largest absolute Gasteiger partial charge is 0.369 e. The van der Waals surface area contributed by atoms with Crippen LogP contribution in [0.1, 0.15) is 15.9 Å². The maximum Gasteiger partial charge on any atom is 0.293 e. The van der Waals surface area contributed by atoms with Gasteiger partial charge in [0.05, 0.1) is 9.80 Å². The van der Waals surface area contributed by atoms with Crippen LogP contribution in [0, 0.1) is 5.82 Å². The van der Waals surface area contributed by atoms with Gasteiger partial charge in [0.1, 0.15) is 5.82 Å². The van der Waals surface area contributed by atoms with E-state index < -0.39 is 27.1 Å². The van der Waals surface area contributed by atoms with Crippen molar-refractivity contribution >= 4 is 50.6 Å². The number of nitrogens with one attached hydrogen (secondary N) is 1. The highest BCUT2D eigenvalue weighted by molar-refractivity contribution is 8.18. The zero-order chi connectivity index (χ0) is 29.0. The van der Waals surface area contributed by atoms with E-state index in [1.165, 1.54) is 40.7 Å². The molecule has 0 radical (unpaired) electrons. The number of pyridine rings is 1. The number of carbonyl (C=O) groups excluding carboxylic acids is 3. The third-order valence-corrected chi connectivity index (χ3v) is 9.44. The van der Waals surface area contributed by atoms with Crippen LogP contribution in [0.5, 0.6) is 0 Å². The van der Waals surface area contributed by atoms with Gasteiger partial charge in [-0.3, -0.25) is 24.3 Å². The summed E-state index contributed by atoms with van der Waals surface area (Å²) in [7, 11) is -3.85. The predicted octanol–water partition coefficient (Wildman–Crippen LogP) is 3.20. The Bertz CT molecular complexity index is 1590. The molecular weight excluding hydrogens is 569 g/mol. The van der Waals surface area contributed by atoms with E-state index in [1.807, 2.05) is 4.90 Å². The highest BCUT2D eigenvalue weighted by Crippen LogP contribution is 2.31. The Morgan fingerprint density at radius 1 is 1.02 bits per heavy atom. The summed E-state index contributed by atoms with van der Waals surface area (Å²) in [5.41, 5.74) is 1.65. The van der Waals surface area contributed by atoms with Gasteiger partial charge in [0.25, 0.3) is 17.1 Å². The minimum Gasteiger partial charge on any atom is -0.369 e. The molecule has 0 saturated carbocycles. The summed E-state index contributed by atoms with van der Waals surface area (Å²) in [6, 6.07) is 15.3. The number of halogens is 1. The van der Waals surface area contributed by atoms with E-state index in [-0.39, 0.29) is 47.4 Å². The first-order valence-corrected chi connectivity index (χ1v) is 15.0. The maximum atomic E-state index is 13.3. The molecule has 41 heavy (non-hydrogen) atoms. The van der Waals surface area contributed by atoms with Gasteiger partial charge in [-0.15, -0.1) is 0 Å². The maximum absolute atomic E-state index is 13.3. The fourth-order valence-corrected chi connectivity index (χ4v) is 6.81. The fourth-order valence-electron chi connectivity index (χ4n) is 4.47. The minimum atomic E-state index is -3.85. The fraction of sp³-hybridized carbons (Fsp3) is 0.214. The number of hydrogen-bond donors (Lipinski definition) is 1. The van der Waals surface area contributed by atoms with Crippen LogP contribution >= 0.6 is 11.8 Å². The zero-order valence-corrected chi connectivity index (χ0v) is 23.4. The Balaban J connectivity index is 1.17. The van der Waals surface area contributed by atoms with E-state index in [0.29, 0.717) is 18.7 Å². The van der Waals surface area contributed by atoms with Crippen LogP contribution in [0.3, 0.4) is 0 Å². The Morgan fingerprint density at radius 2 is 1.78 bits per heavy atom. The Kier molecular flexibility index (Phi) is 8.47. The van der Waals surface area contributed by atoms with Crippen LogP contribution in [0.2, 0.25) is 0 Å². The van der Waals surface area contributed by atoms with Gasteiger partial charge in [-0.25, -0.2) is 12.8 Å². The normalized spacial score (nSPS) is 17.3. The molecule has 212 valence electrons. The van der Waals surface area contributed by atoms with E-state index >= 15 is 0 Å². The quantitative estimate of drug-likeness (QED) is 0.395. The van der Waals surface area contributed by atoms with Crippen molar-refractivity contribution in [2.75, 3.05) is 44.2 Å². The number of benzene rings is 2. The Hall–Kier alpha value is -4.07. The van der Waals surface area contributed by atoms with Crippen molar-refractivity contribution in [3.8, 4) is 0 Å². The second-order valence-corrected chi connectivity index (χ2v) is 12.2. The summed E-state index contributed by atoms with van der Waals surface area (Å²) >= 11 is 0.818. The number of thioether (sulfide) groups is 1. The van der Waals surface area contributed by atoms with Gasteiger partial charge in [-0.05, 0) is 71.9 Å². The standard InChI is InChI=1S/C28H26FN5O5S2/c29-22-6-8-23(9-7-22)32-13-15-33(16-14-32)41(38,39)24-5-1-4-21(18-24)26(35)31-11-12-34-27(36)25(40-28(34)37)17-20-3-2-10-30-19-20/h1-10,17-19H,11-16H2,(H,31,35). The van der Waals surface area contributed by atoms with Crippen LogP contribution in [-0.4, -0.2) is 78.9 Å². The first kappa shape index (κ1) is 28.5. The van der Waals surface area contributed by atoms with Gasteiger partial charge in [-0.1, -0.05) is 12.1 Å². The molecule has 2 aromatic carbocycles. The zero-order valence-electron chi connectivity index (χ0n) is 21.8. The lowest BCUT2D eigenvalue weighted by Gasteiger charge is -2.35. The second kappa shape index (κ2) is 12.2. The van der Waals surface area contributed by atoms with Gasteiger partial charge in [0.15, 0.2) is 0 Å². The van der Waals surface area contributed by atoms with Gasteiger partial charge in [0.2, 0.25) is 10.0 Å². The summed E-state index contributed by atoms with van der Waals surface area (Å²) in [5.74, 6) is -1.31. The summed E-state index contributed by atoms with van der Waals surface area (Å²) in [5, 5.41) is 2.21. The summed E-state index contributed by atoms with van der Waals surface area (Å²) in [4.78, 5) is 45.1. The van der Waals surface area contributed by atoms with E-state index in [2.05, 4.69) is 10.3 Å². The molecule has 2 aliphatic heterocycles. The molecule has 1 N–H and O–H groups in total. The van der Waals surface area contributed by atoms with Crippen molar-refractivity contribution in [2.24, 2.45) is 0 Å². The highest BCUT2D eigenvalue weighted by Gasteiger charge is 2.35. The van der Waals surface area contributed by atoms with Crippen LogP contribution in [0.25, 0.3) is 6.08 Å². The summed E-state index contributed by atoms with van der Waals surface area (Å²) < 4.78 is 41.2. The van der Waals surface area contributed by atoms with E-state index in [0.717, 1.165) is 22.3 Å². The molecule has 2 aliphatic rings. The molecule has 0 spiro atoms. The molecule has 3 heterocycles. The summed E-state index contributed by atoms with van der Waals surface area (Å²) in [6.07, 6.45) is 4.77. The number of sulfonamides is 1. The van der Waals surface area contributed by atoms with Gasteiger partial charge < -0.3 is 10.2 Å². The number of piperazine rings is 1. The lowest BCUT2D eigenvalue weighted by Crippen LogP contribution is -2.48. The van der Waals surface area contributed by atoms with Gasteiger partial charge in [0, 0.05) is 62.9 Å².